The van der Waals surface area contributed by atoms with E-state index in [1.54, 1.807) is 12.3 Å². The molecule has 1 N–H and O–H groups in total. The minimum atomic E-state index is -3.74. The van der Waals surface area contributed by atoms with E-state index < -0.39 is 22.2 Å². The first-order valence-electron chi connectivity index (χ1n) is 7.24. The van der Waals surface area contributed by atoms with Crippen molar-refractivity contribution in [2.24, 2.45) is 0 Å². The highest BCUT2D eigenvalue weighted by atomic mass is 35.5. The molecule has 2 aromatic rings. The quantitative estimate of drug-likeness (QED) is 0.866. The SMILES string of the molecule is COc1ccc([C@H]2OCC[C@@H]2NS(=O)(=O)c2cncc(Cl)c2)cn1. The molecule has 0 bridgehead atoms. The number of ether oxygens (including phenoxy) is 2. The number of methoxy groups -OCH3 is 1. The van der Waals surface area contributed by atoms with Crippen LogP contribution in [-0.4, -0.2) is 38.1 Å². The van der Waals surface area contributed by atoms with Gasteiger partial charge in [0.2, 0.25) is 15.9 Å². The Morgan fingerprint density at radius 1 is 1.33 bits per heavy atom. The molecule has 0 aromatic carbocycles. The Hall–Kier alpha value is -1.74. The van der Waals surface area contributed by atoms with Gasteiger partial charge in [-0.25, -0.2) is 18.1 Å². The molecule has 1 aliphatic heterocycles. The van der Waals surface area contributed by atoms with Crippen LogP contribution in [0.3, 0.4) is 0 Å². The summed E-state index contributed by atoms with van der Waals surface area (Å²) in [6.07, 6.45) is 4.41. The van der Waals surface area contributed by atoms with Crippen molar-refractivity contribution in [2.75, 3.05) is 13.7 Å². The zero-order valence-electron chi connectivity index (χ0n) is 12.8. The second-order valence-corrected chi connectivity index (χ2v) is 7.43. The average molecular weight is 370 g/mol. The van der Waals surface area contributed by atoms with Gasteiger partial charge in [0.05, 0.1) is 18.2 Å². The Balaban J connectivity index is 1.80. The summed E-state index contributed by atoms with van der Waals surface area (Å²) in [5.41, 5.74) is 0.783. The van der Waals surface area contributed by atoms with Crippen molar-refractivity contribution in [1.82, 2.24) is 14.7 Å². The van der Waals surface area contributed by atoms with E-state index >= 15 is 0 Å². The molecule has 0 amide bonds. The Morgan fingerprint density at radius 3 is 2.83 bits per heavy atom. The van der Waals surface area contributed by atoms with Crippen LogP contribution < -0.4 is 9.46 Å². The maximum Gasteiger partial charge on any atom is 0.242 e. The minimum absolute atomic E-state index is 0.0218. The maximum atomic E-state index is 12.5. The molecule has 128 valence electrons. The largest absolute Gasteiger partial charge is 0.481 e. The predicted octanol–water partition coefficient (Wildman–Crippen LogP) is 1.95. The fourth-order valence-electron chi connectivity index (χ4n) is 2.53. The molecule has 1 saturated heterocycles. The van der Waals surface area contributed by atoms with E-state index in [4.69, 9.17) is 21.1 Å². The fourth-order valence-corrected chi connectivity index (χ4v) is 4.02. The monoisotopic (exact) mass is 369 g/mol. The fraction of sp³-hybridized carbons (Fsp3) is 0.333. The van der Waals surface area contributed by atoms with Crippen LogP contribution in [0, 0.1) is 0 Å². The molecule has 24 heavy (non-hydrogen) atoms. The molecule has 0 aliphatic carbocycles. The summed E-state index contributed by atoms with van der Waals surface area (Å²) in [6, 6.07) is 4.48. The lowest BCUT2D eigenvalue weighted by Crippen LogP contribution is -2.36. The van der Waals surface area contributed by atoms with E-state index in [1.165, 1.54) is 25.6 Å². The summed E-state index contributed by atoms with van der Waals surface area (Å²) >= 11 is 5.82. The van der Waals surface area contributed by atoms with Gasteiger partial charge in [0.1, 0.15) is 11.0 Å². The van der Waals surface area contributed by atoms with Gasteiger partial charge in [0, 0.05) is 36.8 Å². The molecule has 3 rings (SSSR count). The number of rotatable bonds is 5. The highest BCUT2D eigenvalue weighted by Crippen LogP contribution is 2.30. The molecule has 0 saturated carbocycles. The zero-order chi connectivity index (χ0) is 17.2. The van der Waals surface area contributed by atoms with Gasteiger partial charge < -0.3 is 9.47 Å². The molecular formula is C15H16ClN3O4S. The van der Waals surface area contributed by atoms with E-state index in [-0.39, 0.29) is 9.92 Å². The van der Waals surface area contributed by atoms with Crippen molar-refractivity contribution in [2.45, 2.75) is 23.5 Å². The number of hydrogen-bond acceptors (Lipinski definition) is 6. The summed E-state index contributed by atoms with van der Waals surface area (Å²) < 4.78 is 38.4. The predicted molar refractivity (Wildman–Crippen MR) is 87.5 cm³/mol. The molecular weight excluding hydrogens is 354 g/mol. The van der Waals surface area contributed by atoms with Crippen LogP contribution in [0.2, 0.25) is 5.02 Å². The van der Waals surface area contributed by atoms with E-state index in [9.17, 15) is 8.42 Å². The van der Waals surface area contributed by atoms with Gasteiger partial charge in [-0.15, -0.1) is 0 Å². The van der Waals surface area contributed by atoms with E-state index in [1.807, 2.05) is 6.07 Å². The number of sulfonamides is 1. The summed E-state index contributed by atoms with van der Waals surface area (Å²) in [4.78, 5) is 7.97. The Kier molecular flexibility index (Phi) is 5.00. The zero-order valence-corrected chi connectivity index (χ0v) is 14.4. The molecule has 9 heteroatoms. The molecule has 0 radical (unpaired) electrons. The topological polar surface area (TPSA) is 90.4 Å². The van der Waals surface area contributed by atoms with Gasteiger partial charge in [-0.1, -0.05) is 11.6 Å². The van der Waals surface area contributed by atoms with Crippen molar-refractivity contribution in [3.63, 3.8) is 0 Å². The average Bonchev–Trinajstić information content (AvgIpc) is 3.02. The van der Waals surface area contributed by atoms with E-state index in [2.05, 4.69) is 14.7 Å². The van der Waals surface area contributed by atoms with Crippen LogP contribution in [0.1, 0.15) is 18.1 Å². The highest BCUT2D eigenvalue weighted by Gasteiger charge is 2.33. The van der Waals surface area contributed by atoms with Gasteiger partial charge in [-0.3, -0.25) is 4.98 Å². The van der Waals surface area contributed by atoms with Crippen LogP contribution in [0.15, 0.2) is 41.7 Å². The summed E-state index contributed by atoms with van der Waals surface area (Å²) in [7, 11) is -2.21. The number of pyridine rings is 2. The molecule has 0 unspecified atom stereocenters. The molecule has 2 aromatic heterocycles. The lowest BCUT2D eigenvalue weighted by Gasteiger charge is -2.20. The first kappa shape index (κ1) is 17.1. The minimum Gasteiger partial charge on any atom is -0.481 e. The maximum absolute atomic E-state index is 12.5. The summed E-state index contributed by atoms with van der Waals surface area (Å²) in [5.74, 6) is 0.485. The number of halogens is 1. The molecule has 0 spiro atoms. The van der Waals surface area contributed by atoms with E-state index in [0.29, 0.717) is 18.9 Å². The molecule has 1 aliphatic rings. The van der Waals surface area contributed by atoms with Crippen molar-refractivity contribution < 1.29 is 17.9 Å². The lowest BCUT2D eigenvalue weighted by atomic mass is 10.1. The van der Waals surface area contributed by atoms with Gasteiger partial charge >= 0.3 is 0 Å². The van der Waals surface area contributed by atoms with Crippen molar-refractivity contribution in [3.05, 3.63) is 47.4 Å². The smallest absolute Gasteiger partial charge is 0.242 e. The van der Waals surface area contributed by atoms with Crippen LogP contribution >= 0.6 is 11.6 Å². The number of nitrogens with one attached hydrogen (secondary N) is 1. The van der Waals surface area contributed by atoms with Gasteiger partial charge in [0.25, 0.3) is 0 Å². The molecule has 2 atom stereocenters. The second-order valence-electron chi connectivity index (χ2n) is 5.28. The van der Waals surface area contributed by atoms with Gasteiger partial charge in [-0.05, 0) is 18.6 Å². The van der Waals surface area contributed by atoms with Gasteiger partial charge in [-0.2, -0.15) is 0 Å². The third kappa shape index (κ3) is 3.67. The van der Waals surface area contributed by atoms with Crippen LogP contribution in [0.5, 0.6) is 5.88 Å². The van der Waals surface area contributed by atoms with Crippen LogP contribution in [0.25, 0.3) is 0 Å². The van der Waals surface area contributed by atoms with Crippen LogP contribution in [0.4, 0.5) is 0 Å². The molecule has 7 nitrogen and oxygen atoms in total. The third-order valence-electron chi connectivity index (χ3n) is 3.69. The van der Waals surface area contributed by atoms with Crippen molar-refractivity contribution in [3.8, 4) is 5.88 Å². The second kappa shape index (κ2) is 7.02. The van der Waals surface area contributed by atoms with Gasteiger partial charge in [0.15, 0.2) is 0 Å². The molecule has 3 heterocycles. The van der Waals surface area contributed by atoms with E-state index in [0.717, 1.165) is 5.56 Å². The lowest BCUT2D eigenvalue weighted by molar-refractivity contribution is 0.102. The first-order valence-corrected chi connectivity index (χ1v) is 9.10. The Labute approximate surface area is 145 Å². The van der Waals surface area contributed by atoms with Crippen molar-refractivity contribution in [1.29, 1.82) is 0 Å². The number of nitrogens with zero attached hydrogens (tertiary/aromatic N) is 2. The Bertz CT molecular complexity index is 814. The highest BCUT2D eigenvalue weighted by molar-refractivity contribution is 7.89. The number of hydrogen-bond donors (Lipinski definition) is 1. The van der Waals surface area contributed by atoms with Crippen LogP contribution in [-0.2, 0) is 14.8 Å². The Morgan fingerprint density at radius 2 is 2.17 bits per heavy atom. The molecule has 1 fully saturated rings. The first-order chi connectivity index (χ1) is 11.5. The normalized spacial score (nSPS) is 20.9. The summed E-state index contributed by atoms with van der Waals surface area (Å²) in [6.45, 7) is 0.456. The standard InChI is InChI=1S/C15H16ClN3O4S/c1-22-14-3-2-10(7-18-14)15-13(4-5-23-15)19-24(20,21)12-6-11(16)8-17-9-12/h2-3,6-9,13,15,19H,4-5H2,1H3/t13-,15+/m0/s1. The summed E-state index contributed by atoms with van der Waals surface area (Å²) in [5, 5.41) is 0.261. The number of aromatic nitrogens is 2. The van der Waals surface area contributed by atoms with Crippen molar-refractivity contribution >= 4 is 21.6 Å². The third-order valence-corrected chi connectivity index (χ3v) is 5.35.